The van der Waals surface area contributed by atoms with Crippen molar-refractivity contribution in [1.82, 2.24) is 0 Å². The highest BCUT2D eigenvalue weighted by molar-refractivity contribution is 7.82. The second-order valence-corrected chi connectivity index (χ2v) is 12.6. The fraction of sp³-hybridized carbons (Fsp3) is 0.0857. The van der Waals surface area contributed by atoms with Gasteiger partial charge in [-0.15, -0.1) is 0 Å². The predicted molar refractivity (Wildman–Crippen MR) is 156 cm³/mol. The number of hydrogen-bond acceptors (Lipinski definition) is 2. The van der Waals surface area contributed by atoms with E-state index in [1.807, 2.05) is 72.8 Å². The maximum Gasteiger partial charge on any atom is 0.168 e. The Hall–Kier alpha value is -4.13. The molecule has 0 amide bonds. The van der Waals surface area contributed by atoms with E-state index in [1.54, 1.807) is 7.11 Å². The van der Waals surface area contributed by atoms with E-state index in [9.17, 15) is 0 Å². The number of hydrogen-bond donors (Lipinski definition) is 0. The fourth-order valence-electron chi connectivity index (χ4n) is 6.53. The van der Waals surface area contributed by atoms with Gasteiger partial charge in [-0.3, -0.25) is 0 Å². The van der Waals surface area contributed by atoms with Gasteiger partial charge in [-0.25, -0.2) is 0 Å². The first kappa shape index (κ1) is 23.0. The van der Waals surface area contributed by atoms with Crippen LogP contribution in [0.3, 0.4) is 0 Å². The van der Waals surface area contributed by atoms with Gasteiger partial charge in [0.15, 0.2) is 7.14 Å². The van der Waals surface area contributed by atoms with Crippen LogP contribution in [-0.2, 0) is 4.57 Å². The molecule has 38 heavy (non-hydrogen) atoms. The third-order valence-electron chi connectivity index (χ3n) is 8.05. The molecule has 3 heteroatoms. The molecule has 0 saturated heterocycles. The van der Waals surface area contributed by atoms with E-state index in [0.29, 0.717) is 0 Å². The normalized spacial score (nSPS) is 17.6. The second-order valence-electron chi connectivity index (χ2n) is 9.90. The smallest absolute Gasteiger partial charge is 0.168 e. The first-order valence-corrected chi connectivity index (χ1v) is 14.7. The van der Waals surface area contributed by atoms with Crippen molar-refractivity contribution < 1.29 is 9.30 Å². The average molecular weight is 511 g/mol. The van der Waals surface area contributed by atoms with Gasteiger partial charge in [-0.05, 0) is 33.9 Å². The molecule has 0 fully saturated rings. The summed E-state index contributed by atoms with van der Waals surface area (Å²) in [5.74, 6) is 0.633. The van der Waals surface area contributed by atoms with Crippen LogP contribution in [0.5, 0.6) is 5.75 Å². The lowest BCUT2D eigenvalue weighted by Gasteiger charge is -2.46. The molecule has 0 N–H and O–H groups in total. The Balaban J connectivity index is 1.67. The van der Waals surface area contributed by atoms with E-state index in [0.717, 1.165) is 32.8 Å². The zero-order valence-electron chi connectivity index (χ0n) is 21.1. The Kier molecular flexibility index (Phi) is 5.46. The largest absolute Gasteiger partial charge is 0.496 e. The van der Waals surface area contributed by atoms with Crippen LogP contribution in [0.1, 0.15) is 39.7 Å². The zero-order chi connectivity index (χ0) is 25.7. The van der Waals surface area contributed by atoms with Crippen LogP contribution in [0.15, 0.2) is 139 Å². The van der Waals surface area contributed by atoms with Crippen LogP contribution >= 0.6 is 7.14 Å². The summed E-state index contributed by atoms with van der Waals surface area (Å²) in [5.41, 5.74) is 7.19. The molecule has 0 radical (unpaired) electrons. The van der Waals surface area contributed by atoms with Crippen molar-refractivity contribution in [3.63, 3.8) is 0 Å². The molecule has 3 aliphatic rings. The highest BCUT2D eigenvalue weighted by Gasteiger charge is 2.50. The van der Waals surface area contributed by atoms with Crippen LogP contribution in [0, 0.1) is 0 Å². The molecule has 0 spiro atoms. The Bertz CT molecular complexity index is 1650. The number of benzene rings is 5. The van der Waals surface area contributed by atoms with E-state index in [2.05, 4.69) is 60.7 Å². The van der Waals surface area contributed by atoms with Crippen molar-refractivity contribution in [3.8, 4) is 5.75 Å². The molecule has 8 rings (SSSR count). The molecular formula is C35H27O2P. The molecule has 5 aromatic carbocycles. The van der Waals surface area contributed by atoms with Crippen LogP contribution in [-0.4, -0.2) is 7.11 Å². The maximum atomic E-state index is 16.1. The van der Waals surface area contributed by atoms with E-state index in [1.165, 1.54) is 22.3 Å². The van der Waals surface area contributed by atoms with E-state index >= 15 is 4.57 Å². The molecule has 2 bridgehead atoms. The minimum Gasteiger partial charge on any atom is -0.496 e. The lowest BCUT2D eigenvalue weighted by molar-refractivity contribution is 0.413. The van der Waals surface area contributed by atoms with Gasteiger partial charge in [0.1, 0.15) is 5.75 Å². The first-order valence-electron chi connectivity index (χ1n) is 13.0. The van der Waals surface area contributed by atoms with Gasteiger partial charge in [0, 0.05) is 33.3 Å². The lowest BCUT2D eigenvalue weighted by Crippen LogP contribution is -2.31. The molecule has 0 heterocycles. The SMILES string of the molecule is COc1ccccc1C1=C(P(=O)(c2ccccc2)c2ccccc2)C2c3ccccc3C1c1ccccc12. The van der Waals surface area contributed by atoms with Crippen molar-refractivity contribution in [3.05, 3.63) is 167 Å². The van der Waals surface area contributed by atoms with Crippen LogP contribution in [0.4, 0.5) is 0 Å². The molecule has 0 saturated carbocycles. The maximum absolute atomic E-state index is 16.1. The van der Waals surface area contributed by atoms with Crippen molar-refractivity contribution in [2.45, 2.75) is 11.8 Å². The van der Waals surface area contributed by atoms with E-state index in [-0.39, 0.29) is 11.8 Å². The summed E-state index contributed by atoms with van der Waals surface area (Å²) in [6, 6.07) is 45.7. The number of rotatable bonds is 5. The summed E-state index contributed by atoms with van der Waals surface area (Å²) < 4.78 is 22.0. The van der Waals surface area contributed by atoms with Crippen LogP contribution in [0.2, 0.25) is 0 Å². The Morgan fingerprint density at radius 2 is 0.947 bits per heavy atom. The number of allylic oxidation sites excluding steroid dienone is 2. The highest BCUT2D eigenvalue weighted by Crippen LogP contribution is 2.69. The molecule has 0 unspecified atom stereocenters. The van der Waals surface area contributed by atoms with Gasteiger partial charge in [-0.2, -0.15) is 0 Å². The van der Waals surface area contributed by atoms with Gasteiger partial charge in [-0.1, -0.05) is 127 Å². The molecule has 5 aromatic rings. The van der Waals surface area contributed by atoms with Gasteiger partial charge in [0.05, 0.1) is 7.11 Å². The van der Waals surface area contributed by atoms with Crippen molar-refractivity contribution >= 4 is 23.3 Å². The van der Waals surface area contributed by atoms with E-state index in [4.69, 9.17) is 4.74 Å². The first-order chi connectivity index (χ1) is 18.7. The third kappa shape index (κ3) is 3.24. The minimum absolute atomic E-state index is 0.0422. The fourth-order valence-corrected chi connectivity index (χ4v) is 9.80. The van der Waals surface area contributed by atoms with Crippen molar-refractivity contribution in [2.24, 2.45) is 0 Å². The average Bonchev–Trinajstić information content (AvgIpc) is 3.01. The zero-order valence-corrected chi connectivity index (χ0v) is 22.0. The summed E-state index contributed by atoms with van der Waals surface area (Å²) in [6.07, 6.45) is 0. The summed E-state index contributed by atoms with van der Waals surface area (Å²) in [7, 11) is -1.56. The van der Waals surface area contributed by atoms with Gasteiger partial charge in [0.25, 0.3) is 0 Å². The summed E-state index contributed by atoms with van der Waals surface area (Å²) in [4.78, 5) is 0. The van der Waals surface area contributed by atoms with Crippen molar-refractivity contribution in [2.75, 3.05) is 7.11 Å². The lowest BCUT2D eigenvalue weighted by atomic mass is 9.63. The second kappa shape index (κ2) is 9.01. The Labute approximate surface area is 223 Å². The Morgan fingerprint density at radius 3 is 1.45 bits per heavy atom. The van der Waals surface area contributed by atoms with E-state index < -0.39 is 7.14 Å². The summed E-state index contributed by atoms with van der Waals surface area (Å²) in [6.45, 7) is 0. The third-order valence-corrected chi connectivity index (χ3v) is 11.3. The number of methoxy groups -OCH3 is 1. The number of para-hydroxylation sites is 1. The predicted octanol–water partition coefficient (Wildman–Crippen LogP) is 7.71. The topological polar surface area (TPSA) is 26.3 Å². The molecular weight excluding hydrogens is 483 g/mol. The molecule has 0 aromatic heterocycles. The standard InChI is InChI=1S/C35H27O2P/c1-37-31-23-13-12-22-30(31)34-32-26-18-8-10-20-28(26)33(29-21-11-9-19-27(29)32)35(34)38(36,24-14-4-2-5-15-24)25-16-6-3-7-17-25/h2-23,32-33H,1H3. The van der Waals surface area contributed by atoms with Crippen LogP contribution in [0.25, 0.3) is 5.57 Å². The highest BCUT2D eigenvalue weighted by atomic mass is 31.2. The number of ether oxygens (including phenoxy) is 1. The van der Waals surface area contributed by atoms with Crippen LogP contribution < -0.4 is 15.3 Å². The summed E-state index contributed by atoms with van der Waals surface area (Å²) >= 11 is 0. The van der Waals surface area contributed by atoms with Crippen molar-refractivity contribution in [1.29, 1.82) is 0 Å². The Morgan fingerprint density at radius 1 is 0.526 bits per heavy atom. The molecule has 0 atom stereocenters. The minimum atomic E-state index is -3.28. The molecule has 0 aliphatic heterocycles. The van der Waals surface area contributed by atoms with Gasteiger partial charge >= 0.3 is 0 Å². The monoisotopic (exact) mass is 510 g/mol. The van der Waals surface area contributed by atoms with Gasteiger partial charge in [0.2, 0.25) is 0 Å². The summed E-state index contributed by atoms with van der Waals surface area (Å²) in [5, 5.41) is 2.72. The molecule has 2 nitrogen and oxygen atoms in total. The quantitative estimate of drug-likeness (QED) is 0.226. The van der Waals surface area contributed by atoms with Gasteiger partial charge < -0.3 is 9.30 Å². The molecule has 184 valence electrons. The molecule has 3 aliphatic carbocycles.